The van der Waals surface area contributed by atoms with E-state index in [4.69, 9.17) is 17.3 Å². The van der Waals surface area contributed by atoms with Gasteiger partial charge < -0.3 is 5.11 Å². The zero-order valence-corrected chi connectivity index (χ0v) is 8.36. The third-order valence-electron chi connectivity index (χ3n) is 1.83. The molecule has 0 saturated heterocycles. The van der Waals surface area contributed by atoms with Gasteiger partial charge in [-0.3, -0.25) is 5.10 Å². The maximum absolute atomic E-state index is 10.7. The molecule has 0 amide bonds. The lowest BCUT2D eigenvalue weighted by molar-refractivity contribution is 0.0689. The van der Waals surface area contributed by atoms with Gasteiger partial charge in [0.05, 0.1) is 5.69 Å². The van der Waals surface area contributed by atoms with Gasteiger partial charge in [-0.2, -0.15) is 4.80 Å². The molecule has 0 radical (unpaired) electrons. The fraction of sp³-hybridized carbons (Fsp3) is 0. The number of aromatic amines is 1. The van der Waals surface area contributed by atoms with Crippen LogP contribution in [0.1, 0.15) is 10.5 Å². The second kappa shape index (κ2) is 3.66. The molecule has 2 N–H and O–H groups in total. The minimum Gasteiger partial charge on any atom is -0.476 e. The van der Waals surface area contributed by atoms with Crippen LogP contribution in [0.15, 0.2) is 30.3 Å². The molecular formula is C9H7N3O2S. The maximum Gasteiger partial charge on any atom is 0.359 e. The first-order valence-electron chi connectivity index (χ1n) is 4.16. The highest BCUT2D eigenvalue weighted by Gasteiger charge is 2.11. The van der Waals surface area contributed by atoms with Crippen LogP contribution in [-0.4, -0.2) is 26.1 Å². The van der Waals surface area contributed by atoms with E-state index in [9.17, 15) is 4.79 Å². The van der Waals surface area contributed by atoms with Crippen LogP contribution in [0.3, 0.4) is 0 Å². The van der Waals surface area contributed by atoms with E-state index in [0.717, 1.165) is 5.69 Å². The minimum absolute atomic E-state index is 0.117. The van der Waals surface area contributed by atoms with Crippen LogP contribution in [-0.2, 0) is 0 Å². The van der Waals surface area contributed by atoms with Crippen molar-refractivity contribution in [1.29, 1.82) is 0 Å². The van der Waals surface area contributed by atoms with Crippen LogP contribution in [0.2, 0.25) is 0 Å². The second-order valence-electron chi connectivity index (χ2n) is 2.84. The number of aromatic carboxylic acids is 1. The molecule has 0 bridgehead atoms. The van der Waals surface area contributed by atoms with Crippen LogP contribution in [0.25, 0.3) is 5.69 Å². The topological polar surface area (TPSA) is 70.9 Å². The number of H-pyrrole nitrogens is 1. The third-order valence-corrected chi connectivity index (χ3v) is 2.11. The van der Waals surface area contributed by atoms with Crippen LogP contribution in [0.4, 0.5) is 0 Å². The summed E-state index contributed by atoms with van der Waals surface area (Å²) in [5.74, 6) is -1.13. The number of hydrogen-bond acceptors (Lipinski definition) is 3. The van der Waals surface area contributed by atoms with E-state index in [1.807, 2.05) is 18.2 Å². The van der Waals surface area contributed by atoms with Crippen molar-refractivity contribution >= 4 is 18.2 Å². The highest BCUT2D eigenvalue weighted by Crippen LogP contribution is 2.05. The van der Waals surface area contributed by atoms with Crippen molar-refractivity contribution in [3.63, 3.8) is 0 Å². The van der Waals surface area contributed by atoms with Gasteiger partial charge >= 0.3 is 5.97 Å². The molecule has 6 heteroatoms. The standard InChI is InChI=1S/C9H7N3O2S/c13-9(14)7-8(15)11-12(10-7)6-4-2-1-3-5-6/h1-5H,(H,11,15)(H,13,14). The summed E-state index contributed by atoms with van der Waals surface area (Å²) < 4.78 is 0.117. The summed E-state index contributed by atoms with van der Waals surface area (Å²) in [5, 5.41) is 15.3. The van der Waals surface area contributed by atoms with Crippen molar-refractivity contribution in [2.75, 3.05) is 0 Å². The quantitative estimate of drug-likeness (QED) is 0.756. The van der Waals surface area contributed by atoms with E-state index in [0.29, 0.717) is 0 Å². The van der Waals surface area contributed by atoms with E-state index >= 15 is 0 Å². The number of nitrogens with one attached hydrogen (secondary N) is 1. The fourth-order valence-electron chi connectivity index (χ4n) is 1.15. The van der Waals surface area contributed by atoms with Gasteiger partial charge in [0.1, 0.15) is 0 Å². The number of rotatable bonds is 2. The first-order valence-corrected chi connectivity index (χ1v) is 4.57. The fourth-order valence-corrected chi connectivity index (χ4v) is 1.37. The summed E-state index contributed by atoms with van der Waals surface area (Å²) >= 11 is 4.83. The Morgan fingerprint density at radius 3 is 2.60 bits per heavy atom. The molecule has 0 fully saturated rings. The van der Waals surface area contributed by atoms with Crippen LogP contribution in [0, 0.1) is 4.64 Å². The summed E-state index contributed by atoms with van der Waals surface area (Å²) in [6.07, 6.45) is 0. The van der Waals surface area contributed by atoms with Gasteiger partial charge in [-0.05, 0) is 12.1 Å². The number of aromatic nitrogens is 3. The Morgan fingerprint density at radius 1 is 1.40 bits per heavy atom. The van der Waals surface area contributed by atoms with Gasteiger partial charge in [0, 0.05) is 0 Å². The number of hydrogen-bond donors (Lipinski definition) is 2. The van der Waals surface area contributed by atoms with Crippen molar-refractivity contribution in [1.82, 2.24) is 15.0 Å². The largest absolute Gasteiger partial charge is 0.476 e. The monoisotopic (exact) mass is 221 g/mol. The smallest absolute Gasteiger partial charge is 0.359 e. The first kappa shape index (κ1) is 9.60. The van der Waals surface area contributed by atoms with Crippen molar-refractivity contribution in [2.24, 2.45) is 0 Å². The Morgan fingerprint density at radius 2 is 2.07 bits per heavy atom. The zero-order valence-electron chi connectivity index (χ0n) is 7.54. The Balaban J connectivity index is 2.53. The molecule has 0 aliphatic carbocycles. The number of para-hydroxylation sites is 1. The molecule has 0 spiro atoms. The highest BCUT2D eigenvalue weighted by molar-refractivity contribution is 7.71. The average Bonchev–Trinajstić information content (AvgIpc) is 2.62. The van der Waals surface area contributed by atoms with Gasteiger partial charge in [-0.25, -0.2) is 4.79 Å². The lowest BCUT2D eigenvalue weighted by Crippen LogP contribution is -2.01. The van der Waals surface area contributed by atoms with Gasteiger partial charge in [0.2, 0.25) is 5.69 Å². The van der Waals surface area contributed by atoms with Crippen LogP contribution in [0.5, 0.6) is 0 Å². The van der Waals surface area contributed by atoms with Crippen molar-refractivity contribution in [2.45, 2.75) is 0 Å². The Bertz CT molecular complexity index is 544. The molecule has 0 aliphatic rings. The zero-order chi connectivity index (χ0) is 10.8. The number of carboxylic acids is 1. The molecule has 1 heterocycles. The summed E-state index contributed by atoms with van der Waals surface area (Å²) in [6.45, 7) is 0. The normalized spacial score (nSPS) is 10.1. The predicted octanol–water partition coefficient (Wildman–Crippen LogP) is 1.63. The summed E-state index contributed by atoms with van der Waals surface area (Å²) in [7, 11) is 0. The van der Waals surface area contributed by atoms with E-state index in [2.05, 4.69) is 10.2 Å². The summed E-state index contributed by atoms with van der Waals surface area (Å²) in [6, 6.07) is 9.11. The lowest BCUT2D eigenvalue weighted by atomic mass is 10.3. The summed E-state index contributed by atoms with van der Waals surface area (Å²) in [4.78, 5) is 12.0. The molecular weight excluding hydrogens is 214 g/mol. The van der Waals surface area contributed by atoms with E-state index in [1.54, 1.807) is 12.1 Å². The molecule has 2 aromatic rings. The lowest BCUT2D eigenvalue weighted by Gasteiger charge is -1.97. The predicted molar refractivity (Wildman–Crippen MR) is 55.7 cm³/mol. The molecule has 1 aromatic heterocycles. The molecule has 15 heavy (non-hydrogen) atoms. The third kappa shape index (κ3) is 1.79. The molecule has 0 aliphatic heterocycles. The van der Waals surface area contributed by atoms with Crippen molar-refractivity contribution in [3.05, 3.63) is 40.7 Å². The van der Waals surface area contributed by atoms with E-state index in [-0.39, 0.29) is 10.3 Å². The Labute approximate surface area is 90.0 Å². The summed E-state index contributed by atoms with van der Waals surface area (Å²) in [5.41, 5.74) is 0.588. The number of benzene rings is 1. The van der Waals surface area contributed by atoms with Gasteiger partial charge in [-0.1, -0.05) is 30.4 Å². The van der Waals surface area contributed by atoms with Gasteiger partial charge in [0.25, 0.3) is 0 Å². The molecule has 0 atom stereocenters. The van der Waals surface area contributed by atoms with Crippen molar-refractivity contribution < 1.29 is 9.90 Å². The Hall–Kier alpha value is -1.95. The molecule has 0 saturated carbocycles. The van der Waals surface area contributed by atoms with Gasteiger partial charge in [0.15, 0.2) is 4.64 Å². The molecule has 2 rings (SSSR count). The van der Waals surface area contributed by atoms with E-state index < -0.39 is 5.97 Å². The molecule has 0 unspecified atom stereocenters. The average molecular weight is 221 g/mol. The maximum atomic E-state index is 10.7. The number of nitrogens with zero attached hydrogens (tertiary/aromatic N) is 2. The highest BCUT2D eigenvalue weighted by atomic mass is 32.1. The first-order chi connectivity index (χ1) is 7.18. The van der Waals surface area contributed by atoms with Gasteiger partial charge in [-0.15, -0.1) is 5.10 Å². The van der Waals surface area contributed by atoms with E-state index in [1.165, 1.54) is 4.80 Å². The Kier molecular flexibility index (Phi) is 2.34. The van der Waals surface area contributed by atoms with Crippen LogP contribution < -0.4 is 0 Å². The number of carbonyl (C=O) groups is 1. The minimum atomic E-state index is -1.13. The SMILES string of the molecule is O=C(O)c1nn(-c2ccccc2)[nH]c1=S. The second-order valence-corrected chi connectivity index (χ2v) is 3.25. The molecule has 1 aromatic carbocycles. The van der Waals surface area contributed by atoms with Crippen LogP contribution >= 0.6 is 12.2 Å². The number of carboxylic acid groups (broad SMARTS) is 1. The molecule has 76 valence electrons. The van der Waals surface area contributed by atoms with Crippen molar-refractivity contribution in [3.8, 4) is 5.69 Å². The molecule has 5 nitrogen and oxygen atoms in total.